The summed E-state index contributed by atoms with van der Waals surface area (Å²) in [5, 5.41) is -0.229. The molecule has 0 aromatic rings. The molecule has 0 unspecified atom stereocenters. The van der Waals surface area contributed by atoms with Crippen LogP contribution in [0.15, 0.2) is 0 Å². The SMILES string of the molecule is CC(C)(CCBr)NS(=O)(=O)CS(C)(=O)=O. The van der Waals surface area contributed by atoms with Crippen molar-refractivity contribution in [1.29, 1.82) is 0 Å². The second kappa shape index (κ2) is 5.11. The summed E-state index contributed by atoms with van der Waals surface area (Å²) in [5.74, 6) is 0. The summed E-state index contributed by atoms with van der Waals surface area (Å²) >= 11 is 3.20. The number of nitrogens with one attached hydrogen (secondary N) is 1. The molecule has 0 aromatic heterocycles. The fourth-order valence-electron chi connectivity index (χ4n) is 1.02. The Kier molecular flexibility index (Phi) is 5.23. The zero-order valence-electron chi connectivity index (χ0n) is 8.95. The van der Waals surface area contributed by atoms with Gasteiger partial charge in [0.1, 0.15) is 0 Å². The molecule has 15 heavy (non-hydrogen) atoms. The van der Waals surface area contributed by atoms with Crippen molar-refractivity contribution in [3.8, 4) is 0 Å². The third-order valence-electron chi connectivity index (χ3n) is 1.52. The summed E-state index contributed by atoms with van der Waals surface area (Å²) in [6, 6.07) is 0. The first kappa shape index (κ1) is 15.3. The van der Waals surface area contributed by atoms with E-state index >= 15 is 0 Å². The Hall–Kier alpha value is 0.340. The maximum atomic E-state index is 11.4. The van der Waals surface area contributed by atoms with Crippen molar-refractivity contribution in [3.63, 3.8) is 0 Å². The molecule has 0 spiro atoms. The van der Waals surface area contributed by atoms with E-state index in [0.29, 0.717) is 11.8 Å². The molecule has 0 aliphatic carbocycles. The number of sulfone groups is 1. The predicted octanol–water partition coefficient (Wildman–Crippen LogP) is 0.472. The molecule has 0 heterocycles. The Morgan fingerprint density at radius 1 is 1.20 bits per heavy atom. The van der Waals surface area contributed by atoms with Gasteiger partial charge in [-0.15, -0.1) is 0 Å². The van der Waals surface area contributed by atoms with Gasteiger partial charge in [-0.1, -0.05) is 15.9 Å². The Morgan fingerprint density at radius 2 is 1.67 bits per heavy atom. The first-order chi connectivity index (χ1) is 6.47. The van der Waals surface area contributed by atoms with E-state index in [1.807, 2.05) is 0 Å². The molecule has 0 atom stereocenters. The van der Waals surface area contributed by atoms with E-state index in [1.165, 1.54) is 0 Å². The molecule has 0 fully saturated rings. The van der Waals surface area contributed by atoms with Crippen molar-refractivity contribution in [3.05, 3.63) is 0 Å². The van der Waals surface area contributed by atoms with Crippen LogP contribution in [0.1, 0.15) is 20.3 Å². The number of hydrogen-bond acceptors (Lipinski definition) is 4. The minimum Gasteiger partial charge on any atom is -0.228 e. The van der Waals surface area contributed by atoms with Crippen LogP contribution in [-0.4, -0.2) is 39.0 Å². The molecule has 0 aliphatic rings. The molecule has 5 nitrogen and oxygen atoms in total. The highest BCUT2D eigenvalue weighted by atomic mass is 79.9. The lowest BCUT2D eigenvalue weighted by Gasteiger charge is -2.24. The van der Waals surface area contributed by atoms with E-state index in [1.54, 1.807) is 13.8 Å². The number of halogens is 1. The maximum absolute atomic E-state index is 11.4. The Labute approximate surface area is 99.7 Å². The van der Waals surface area contributed by atoms with E-state index in [4.69, 9.17) is 0 Å². The average Bonchev–Trinajstić information content (AvgIpc) is 1.74. The van der Waals surface area contributed by atoms with Gasteiger partial charge in [0.15, 0.2) is 14.9 Å². The van der Waals surface area contributed by atoms with E-state index in [9.17, 15) is 16.8 Å². The highest BCUT2D eigenvalue weighted by Crippen LogP contribution is 2.12. The second-order valence-electron chi connectivity index (χ2n) is 4.08. The minimum atomic E-state index is -3.78. The second-order valence-corrected chi connectivity index (χ2v) is 9.10. The van der Waals surface area contributed by atoms with Crippen molar-refractivity contribution >= 4 is 35.8 Å². The van der Waals surface area contributed by atoms with Crippen LogP contribution in [0, 0.1) is 0 Å². The third kappa shape index (κ3) is 8.18. The summed E-state index contributed by atoms with van der Waals surface area (Å²) in [6.07, 6.45) is 1.47. The summed E-state index contributed by atoms with van der Waals surface area (Å²) in [7, 11) is -7.31. The van der Waals surface area contributed by atoms with Gasteiger partial charge in [0, 0.05) is 17.1 Å². The van der Waals surface area contributed by atoms with Gasteiger partial charge in [-0.2, -0.15) is 0 Å². The highest BCUT2D eigenvalue weighted by Gasteiger charge is 2.26. The normalized spacial score (nSPS) is 14.1. The Bertz CT molecular complexity index is 399. The molecule has 0 radical (unpaired) electrons. The number of sulfonamides is 1. The molecule has 0 bridgehead atoms. The average molecular weight is 322 g/mol. The van der Waals surface area contributed by atoms with Gasteiger partial charge < -0.3 is 0 Å². The summed E-state index contributed by atoms with van der Waals surface area (Å²) in [5.41, 5.74) is -0.646. The van der Waals surface area contributed by atoms with Gasteiger partial charge in [0.05, 0.1) is 0 Å². The van der Waals surface area contributed by atoms with Gasteiger partial charge in [-0.05, 0) is 20.3 Å². The Morgan fingerprint density at radius 3 is 2.00 bits per heavy atom. The van der Waals surface area contributed by atoms with Crippen molar-refractivity contribution < 1.29 is 16.8 Å². The summed E-state index contributed by atoms with van der Waals surface area (Å²) < 4.78 is 46.9. The first-order valence-electron chi connectivity index (χ1n) is 4.23. The lowest BCUT2D eigenvalue weighted by molar-refractivity contribution is 0.445. The Balaban J connectivity index is 4.66. The molecule has 0 rings (SSSR count). The monoisotopic (exact) mass is 321 g/mol. The van der Waals surface area contributed by atoms with Crippen LogP contribution < -0.4 is 4.72 Å². The minimum absolute atomic E-state index is 0.579. The van der Waals surface area contributed by atoms with Crippen LogP contribution in [0.25, 0.3) is 0 Å². The number of rotatable bonds is 6. The number of alkyl halides is 1. The van der Waals surface area contributed by atoms with Gasteiger partial charge in [0.25, 0.3) is 0 Å². The largest absolute Gasteiger partial charge is 0.228 e. The van der Waals surface area contributed by atoms with Crippen LogP contribution in [0.2, 0.25) is 0 Å². The van der Waals surface area contributed by atoms with Crippen molar-refractivity contribution in [1.82, 2.24) is 4.72 Å². The molecule has 0 saturated heterocycles. The third-order valence-corrected chi connectivity index (χ3v) is 5.73. The topological polar surface area (TPSA) is 80.3 Å². The molecular weight excluding hydrogens is 306 g/mol. The number of hydrogen-bond donors (Lipinski definition) is 1. The smallest absolute Gasteiger partial charge is 0.226 e. The van der Waals surface area contributed by atoms with E-state index in [-0.39, 0.29) is 0 Å². The fourth-order valence-corrected chi connectivity index (χ4v) is 5.45. The van der Waals surface area contributed by atoms with E-state index in [0.717, 1.165) is 6.26 Å². The summed E-state index contributed by atoms with van der Waals surface area (Å²) in [6.45, 7) is 3.40. The van der Waals surface area contributed by atoms with Crippen LogP contribution in [-0.2, 0) is 19.9 Å². The standard InChI is InChI=1S/C7H16BrNO4S2/c1-7(2,4-5-8)9-15(12,13)6-14(3,10)11/h9H,4-6H2,1-3H3. The highest BCUT2D eigenvalue weighted by molar-refractivity contribution is 9.09. The molecule has 92 valence electrons. The molecular formula is C7H16BrNO4S2. The zero-order chi connectivity index (χ0) is 12.3. The fraction of sp³-hybridized carbons (Fsp3) is 1.00. The van der Waals surface area contributed by atoms with Crippen LogP contribution in [0.5, 0.6) is 0 Å². The first-order valence-corrected chi connectivity index (χ1v) is 9.06. The van der Waals surface area contributed by atoms with Crippen LogP contribution >= 0.6 is 15.9 Å². The van der Waals surface area contributed by atoms with E-state index < -0.39 is 30.5 Å². The van der Waals surface area contributed by atoms with E-state index in [2.05, 4.69) is 20.7 Å². The van der Waals surface area contributed by atoms with Crippen LogP contribution in [0.3, 0.4) is 0 Å². The molecule has 0 saturated carbocycles. The molecule has 8 heteroatoms. The van der Waals surface area contributed by atoms with Crippen molar-refractivity contribution in [2.75, 3.05) is 16.7 Å². The van der Waals surface area contributed by atoms with Crippen molar-refractivity contribution in [2.45, 2.75) is 25.8 Å². The van der Waals surface area contributed by atoms with Crippen LogP contribution in [0.4, 0.5) is 0 Å². The van der Waals surface area contributed by atoms with Gasteiger partial charge >= 0.3 is 0 Å². The lowest BCUT2D eigenvalue weighted by atomic mass is 10.0. The van der Waals surface area contributed by atoms with Gasteiger partial charge in [0.2, 0.25) is 10.0 Å². The lowest BCUT2D eigenvalue weighted by Crippen LogP contribution is -2.45. The van der Waals surface area contributed by atoms with Gasteiger partial charge in [-0.3, -0.25) is 0 Å². The molecule has 1 N–H and O–H groups in total. The molecule has 0 amide bonds. The maximum Gasteiger partial charge on any atom is 0.226 e. The summed E-state index contributed by atoms with van der Waals surface area (Å²) in [4.78, 5) is 0. The van der Waals surface area contributed by atoms with Gasteiger partial charge in [-0.25, -0.2) is 21.6 Å². The zero-order valence-corrected chi connectivity index (χ0v) is 12.2. The quantitative estimate of drug-likeness (QED) is 0.721. The molecule has 0 aromatic carbocycles. The predicted molar refractivity (Wildman–Crippen MR) is 64.3 cm³/mol. The molecule has 0 aliphatic heterocycles. The van der Waals surface area contributed by atoms with Crippen molar-refractivity contribution in [2.24, 2.45) is 0 Å².